The molecule has 1 aromatic heterocycles. The summed E-state index contributed by atoms with van der Waals surface area (Å²) in [5.74, 6) is -0.626. The largest absolute Gasteiger partial charge is 0.481 e. The number of hydrogen-bond donors (Lipinski definition) is 1. The number of aromatic nitrogens is 1. The number of anilines is 1. The van der Waals surface area contributed by atoms with Crippen LogP contribution in [0.3, 0.4) is 0 Å². The second-order valence-electron chi connectivity index (χ2n) is 5.03. The predicted octanol–water partition coefficient (Wildman–Crippen LogP) is 2.55. The van der Waals surface area contributed by atoms with Gasteiger partial charge in [0.25, 0.3) is 0 Å². The number of carbonyl (C=O) groups is 1. The van der Waals surface area contributed by atoms with Crippen molar-refractivity contribution in [1.29, 1.82) is 0 Å². The predicted molar refractivity (Wildman–Crippen MR) is 70.7 cm³/mol. The lowest BCUT2D eigenvalue weighted by molar-refractivity contribution is -0.150. The number of pyridine rings is 1. The van der Waals surface area contributed by atoms with Gasteiger partial charge in [0.2, 0.25) is 0 Å². The van der Waals surface area contributed by atoms with Crippen LogP contribution in [-0.4, -0.2) is 29.1 Å². The number of rotatable bonds is 4. The monoisotopic (exact) mass is 248 g/mol. The first-order valence-corrected chi connectivity index (χ1v) is 6.56. The number of aliphatic carboxylic acids is 1. The van der Waals surface area contributed by atoms with Crippen molar-refractivity contribution in [3.8, 4) is 0 Å². The molecule has 0 saturated carbocycles. The van der Waals surface area contributed by atoms with E-state index in [0.29, 0.717) is 0 Å². The van der Waals surface area contributed by atoms with Crippen LogP contribution in [0.4, 0.5) is 5.69 Å². The van der Waals surface area contributed by atoms with Gasteiger partial charge in [0.05, 0.1) is 5.41 Å². The highest BCUT2D eigenvalue weighted by Crippen LogP contribution is 2.37. The smallest absolute Gasteiger partial charge is 0.309 e. The Kier molecular flexibility index (Phi) is 3.84. The Balaban J connectivity index is 2.05. The second-order valence-corrected chi connectivity index (χ2v) is 5.03. The van der Waals surface area contributed by atoms with E-state index in [1.54, 1.807) is 12.4 Å². The van der Waals surface area contributed by atoms with E-state index in [1.165, 1.54) is 0 Å². The zero-order valence-electron chi connectivity index (χ0n) is 10.8. The molecule has 2 rings (SSSR count). The fourth-order valence-corrected chi connectivity index (χ4v) is 2.80. The van der Waals surface area contributed by atoms with Gasteiger partial charge in [-0.1, -0.05) is 13.3 Å². The van der Waals surface area contributed by atoms with Crippen molar-refractivity contribution in [3.05, 3.63) is 24.5 Å². The molecule has 0 atom stereocenters. The summed E-state index contributed by atoms with van der Waals surface area (Å²) in [6.07, 6.45) is 6.74. The Morgan fingerprint density at radius 1 is 1.39 bits per heavy atom. The molecule has 4 heteroatoms. The maximum Gasteiger partial charge on any atom is 0.309 e. The first-order chi connectivity index (χ1) is 8.68. The van der Waals surface area contributed by atoms with Gasteiger partial charge in [-0.15, -0.1) is 0 Å². The molecule has 0 spiro atoms. The molecule has 1 aliphatic heterocycles. The molecule has 0 aromatic carbocycles. The van der Waals surface area contributed by atoms with Crippen molar-refractivity contribution >= 4 is 11.7 Å². The van der Waals surface area contributed by atoms with Crippen molar-refractivity contribution in [2.45, 2.75) is 32.6 Å². The Morgan fingerprint density at radius 2 is 2.00 bits per heavy atom. The fraction of sp³-hybridized carbons (Fsp3) is 0.571. The van der Waals surface area contributed by atoms with Crippen LogP contribution < -0.4 is 4.90 Å². The number of hydrogen-bond acceptors (Lipinski definition) is 3. The van der Waals surface area contributed by atoms with Crippen LogP contribution in [0.5, 0.6) is 0 Å². The highest BCUT2D eigenvalue weighted by atomic mass is 16.4. The van der Waals surface area contributed by atoms with E-state index < -0.39 is 11.4 Å². The lowest BCUT2D eigenvalue weighted by atomic mass is 9.75. The first-order valence-electron chi connectivity index (χ1n) is 6.56. The molecule has 4 nitrogen and oxygen atoms in total. The molecule has 0 unspecified atom stereocenters. The summed E-state index contributed by atoms with van der Waals surface area (Å²) < 4.78 is 0. The van der Waals surface area contributed by atoms with E-state index >= 15 is 0 Å². The average molecular weight is 248 g/mol. The van der Waals surface area contributed by atoms with E-state index in [1.807, 2.05) is 12.1 Å². The van der Waals surface area contributed by atoms with Gasteiger partial charge in [-0.2, -0.15) is 0 Å². The summed E-state index contributed by atoms with van der Waals surface area (Å²) in [5.41, 5.74) is 0.638. The Bertz CT molecular complexity index is 398. The van der Waals surface area contributed by atoms with Gasteiger partial charge < -0.3 is 10.0 Å². The van der Waals surface area contributed by atoms with E-state index in [4.69, 9.17) is 0 Å². The van der Waals surface area contributed by atoms with Crippen molar-refractivity contribution in [1.82, 2.24) is 4.98 Å². The van der Waals surface area contributed by atoms with Gasteiger partial charge in [0.1, 0.15) is 0 Å². The van der Waals surface area contributed by atoms with Crippen LogP contribution in [0.25, 0.3) is 0 Å². The molecule has 1 aromatic rings. The standard InChI is InChI=1S/C14H20N2O2/c1-2-5-14(13(17)18)6-10-16(11-7-14)12-3-8-15-9-4-12/h3-4,8-9H,2,5-7,10-11H2,1H3,(H,17,18). The Hall–Kier alpha value is -1.58. The molecule has 2 heterocycles. The molecular formula is C14H20N2O2. The molecule has 0 radical (unpaired) electrons. The van der Waals surface area contributed by atoms with E-state index in [-0.39, 0.29) is 0 Å². The zero-order valence-corrected chi connectivity index (χ0v) is 10.8. The maximum absolute atomic E-state index is 11.5. The minimum absolute atomic E-state index is 0.502. The second kappa shape index (κ2) is 5.38. The Labute approximate surface area is 108 Å². The highest BCUT2D eigenvalue weighted by molar-refractivity contribution is 5.75. The van der Waals surface area contributed by atoms with Crippen molar-refractivity contribution in [2.24, 2.45) is 5.41 Å². The van der Waals surface area contributed by atoms with Gasteiger partial charge in [0, 0.05) is 31.2 Å². The van der Waals surface area contributed by atoms with Crippen LogP contribution in [0.1, 0.15) is 32.6 Å². The molecule has 0 aliphatic carbocycles. The summed E-state index contributed by atoms with van der Waals surface area (Å²) >= 11 is 0. The molecular weight excluding hydrogens is 228 g/mol. The lowest BCUT2D eigenvalue weighted by Crippen LogP contribution is -2.44. The van der Waals surface area contributed by atoms with E-state index in [2.05, 4.69) is 16.8 Å². The topological polar surface area (TPSA) is 53.4 Å². The first kappa shape index (κ1) is 12.9. The molecule has 1 N–H and O–H groups in total. The summed E-state index contributed by atoms with van der Waals surface area (Å²) in [6, 6.07) is 3.96. The lowest BCUT2D eigenvalue weighted by Gasteiger charge is -2.39. The summed E-state index contributed by atoms with van der Waals surface area (Å²) in [5, 5.41) is 9.45. The zero-order chi connectivity index (χ0) is 13.0. The molecule has 18 heavy (non-hydrogen) atoms. The third-order valence-corrected chi connectivity index (χ3v) is 3.93. The molecule has 98 valence electrons. The third-order valence-electron chi connectivity index (χ3n) is 3.93. The van der Waals surface area contributed by atoms with Gasteiger partial charge in [-0.3, -0.25) is 9.78 Å². The summed E-state index contributed by atoms with van der Waals surface area (Å²) in [7, 11) is 0. The van der Waals surface area contributed by atoms with E-state index in [0.717, 1.165) is 44.5 Å². The number of carboxylic acids is 1. The maximum atomic E-state index is 11.5. The molecule has 1 saturated heterocycles. The summed E-state index contributed by atoms with van der Waals surface area (Å²) in [6.45, 7) is 3.69. The van der Waals surface area contributed by atoms with Gasteiger partial charge in [-0.05, 0) is 31.4 Å². The van der Waals surface area contributed by atoms with Gasteiger partial charge >= 0.3 is 5.97 Å². The molecule has 1 fully saturated rings. The van der Waals surface area contributed by atoms with Crippen LogP contribution in [0, 0.1) is 5.41 Å². The van der Waals surface area contributed by atoms with Crippen LogP contribution in [-0.2, 0) is 4.79 Å². The normalized spacial score (nSPS) is 18.6. The van der Waals surface area contributed by atoms with Crippen LogP contribution in [0.2, 0.25) is 0 Å². The van der Waals surface area contributed by atoms with Crippen molar-refractivity contribution in [2.75, 3.05) is 18.0 Å². The van der Waals surface area contributed by atoms with Crippen molar-refractivity contribution < 1.29 is 9.90 Å². The van der Waals surface area contributed by atoms with Crippen LogP contribution >= 0.6 is 0 Å². The minimum atomic E-state index is -0.626. The van der Waals surface area contributed by atoms with Gasteiger partial charge in [-0.25, -0.2) is 0 Å². The SMILES string of the molecule is CCCC1(C(=O)O)CCN(c2ccncc2)CC1. The molecule has 0 amide bonds. The van der Waals surface area contributed by atoms with Crippen molar-refractivity contribution in [3.63, 3.8) is 0 Å². The number of nitrogens with zero attached hydrogens (tertiary/aromatic N) is 2. The third kappa shape index (κ3) is 2.47. The highest BCUT2D eigenvalue weighted by Gasteiger charge is 2.40. The quantitative estimate of drug-likeness (QED) is 0.889. The van der Waals surface area contributed by atoms with Gasteiger partial charge in [0.15, 0.2) is 0 Å². The van der Waals surface area contributed by atoms with E-state index in [9.17, 15) is 9.90 Å². The Morgan fingerprint density at radius 3 is 2.50 bits per heavy atom. The number of piperidine rings is 1. The summed E-state index contributed by atoms with van der Waals surface area (Å²) in [4.78, 5) is 17.7. The average Bonchev–Trinajstić information content (AvgIpc) is 2.41. The molecule has 1 aliphatic rings. The fourth-order valence-electron chi connectivity index (χ4n) is 2.80. The van der Waals surface area contributed by atoms with Crippen LogP contribution in [0.15, 0.2) is 24.5 Å². The minimum Gasteiger partial charge on any atom is -0.481 e. The number of carboxylic acid groups (broad SMARTS) is 1. The molecule has 0 bridgehead atoms.